The number of ether oxygens (including phenoxy) is 2. The Bertz CT molecular complexity index is 665. The Morgan fingerprint density at radius 1 is 0.929 bits per heavy atom. The van der Waals surface area contributed by atoms with Crippen LogP contribution in [0.15, 0.2) is 24.3 Å². The number of unbranched alkanes of at least 4 members (excludes halogenated alkanes) is 1. The second-order valence-electron chi connectivity index (χ2n) is 6.48. The van der Waals surface area contributed by atoms with Crippen LogP contribution in [0.4, 0.5) is 0 Å². The van der Waals surface area contributed by atoms with Crippen molar-refractivity contribution < 1.29 is 38.9 Å². The summed E-state index contributed by atoms with van der Waals surface area (Å²) in [6, 6.07) is 5.05. The molecule has 0 fully saturated rings. The fourth-order valence-electron chi connectivity index (χ4n) is 2.31. The van der Waals surface area contributed by atoms with Crippen molar-refractivity contribution in [1.29, 1.82) is 0 Å². The Balaban J connectivity index is 2.20. The maximum absolute atomic E-state index is 11.8. The topological polar surface area (TPSA) is 127 Å². The van der Waals surface area contributed by atoms with Crippen LogP contribution in [0.5, 0.6) is 0 Å². The maximum Gasteiger partial charge on any atom is 0.345 e. The lowest BCUT2D eigenvalue weighted by Gasteiger charge is -2.09. The molecule has 154 valence electrons. The maximum atomic E-state index is 11.8. The molecule has 0 aromatic heterocycles. The first-order valence-electron chi connectivity index (χ1n) is 9.18. The first-order chi connectivity index (χ1) is 13.3. The highest BCUT2D eigenvalue weighted by Gasteiger charge is 2.14. The predicted molar refractivity (Wildman–Crippen MR) is 98.7 cm³/mol. The summed E-state index contributed by atoms with van der Waals surface area (Å²) >= 11 is 0. The van der Waals surface area contributed by atoms with Gasteiger partial charge >= 0.3 is 23.9 Å². The highest BCUT2D eigenvalue weighted by Crippen LogP contribution is 2.10. The minimum atomic E-state index is -1.12. The number of aliphatic hydroxyl groups is 1. The van der Waals surface area contributed by atoms with Crippen molar-refractivity contribution in [1.82, 2.24) is 0 Å². The molecule has 0 heterocycles. The van der Waals surface area contributed by atoms with E-state index in [1.54, 1.807) is 0 Å². The van der Waals surface area contributed by atoms with E-state index in [4.69, 9.17) is 19.7 Å². The van der Waals surface area contributed by atoms with Crippen molar-refractivity contribution in [2.45, 2.75) is 45.4 Å². The van der Waals surface area contributed by atoms with Crippen LogP contribution in [-0.2, 0) is 19.1 Å². The smallest absolute Gasteiger partial charge is 0.345 e. The average Bonchev–Trinajstić information content (AvgIpc) is 2.65. The van der Waals surface area contributed by atoms with Gasteiger partial charge in [0.1, 0.15) is 0 Å². The molecule has 0 saturated heterocycles. The molecule has 0 aliphatic heterocycles. The van der Waals surface area contributed by atoms with Crippen molar-refractivity contribution in [2.24, 2.45) is 5.92 Å². The van der Waals surface area contributed by atoms with Crippen LogP contribution in [0, 0.1) is 5.92 Å². The van der Waals surface area contributed by atoms with E-state index in [2.05, 4.69) is 0 Å². The zero-order valence-corrected chi connectivity index (χ0v) is 15.9. The number of aliphatic hydroxyl groups excluding tert-OH is 1. The second kappa shape index (κ2) is 12.6. The van der Waals surface area contributed by atoms with Crippen molar-refractivity contribution in [3.63, 3.8) is 0 Å². The summed E-state index contributed by atoms with van der Waals surface area (Å²) in [6.07, 6.45) is 2.32. The quantitative estimate of drug-likeness (QED) is 0.315. The molecule has 1 aromatic carbocycles. The molecule has 8 nitrogen and oxygen atoms in total. The molecule has 2 N–H and O–H groups in total. The van der Waals surface area contributed by atoms with Crippen molar-refractivity contribution in [2.75, 3.05) is 13.2 Å². The second-order valence-corrected chi connectivity index (χ2v) is 6.48. The van der Waals surface area contributed by atoms with Crippen LogP contribution in [-0.4, -0.2) is 47.3 Å². The number of hydrogen-bond acceptors (Lipinski definition) is 7. The van der Waals surface area contributed by atoms with Gasteiger partial charge in [-0.15, -0.1) is 0 Å². The lowest BCUT2D eigenvalue weighted by atomic mass is 10.1. The van der Waals surface area contributed by atoms with Gasteiger partial charge in [0.25, 0.3) is 0 Å². The van der Waals surface area contributed by atoms with Gasteiger partial charge in [-0.3, -0.25) is 9.59 Å². The van der Waals surface area contributed by atoms with E-state index in [0.717, 1.165) is 0 Å². The molecular formula is C20H26O8. The number of esters is 3. The molecule has 0 amide bonds. The third kappa shape index (κ3) is 9.27. The lowest BCUT2D eigenvalue weighted by molar-refractivity contribution is -0.144. The average molecular weight is 394 g/mol. The van der Waals surface area contributed by atoms with E-state index in [9.17, 15) is 19.2 Å². The molecule has 0 aliphatic rings. The van der Waals surface area contributed by atoms with Crippen LogP contribution >= 0.6 is 0 Å². The van der Waals surface area contributed by atoms with Crippen LogP contribution in [0.1, 0.15) is 66.2 Å². The number of carbonyl (C=O) groups is 4. The van der Waals surface area contributed by atoms with Crippen molar-refractivity contribution >= 4 is 23.9 Å². The summed E-state index contributed by atoms with van der Waals surface area (Å²) in [6.45, 7) is 2.38. The summed E-state index contributed by atoms with van der Waals surface area (Å²) in [7, 11) is 0. The van der Waals surface area contributed by atoms with E-state index in [1.807, 2.05) is 6.92 Å². The van der Waals surface area contributed by atoms with Gasteiger partial charge in [-0.2, -0.15) is 0 Å². The molecule has 8 heteroatoms. The van der Waals surface area contributed by atoms with Gasteiger partial charge in [0, 0.05) is 19.4 Å². The number of benzene rings is 1. The first kappa shape index (κ1) is 23.3. The number of carboxylic acid groups (broad SMARTS) is 1. The third-order valence-electron chi connectivity index (χ3n) is 4.08. The third-order valence-corrected chi connectivity index (χ3v) is 4.08. The minimum Gasteiger partial charge on any atom is -0.478 e. The Morgan fingerprint density at radius 2 is 1.50 bits per heavy atom. The van der Waals surface area contributed by atoms with Crippen LogP contribution in [0.25, 0.3) is 0 Å². The molecule has 1 unspecified atom stereocenters. The molecule has 1 atom stereocenters. The molecule has 1 aromatic rings. The molecule has 0 saturated carbocycles. The van der Waals surface area contributed by atoms with E-state index in [1.165, 1.54) is 24.3 Å². The lowest BCUT2D eigenvalue weighted by Crippen LogP contribution is -2.13. The van der Waals surface area contributed by atoms with Crippen molar-refractivity contribution in [3.8, 4) is 0 Å². The predicted octanol–water partition coefficient (Wildman–Crippen LogP) is 2.58. The van der Waals surface area contributed by atoms with E-state index in [-0.39, 0.29) is 42.5 Å². The molecular weight excluding hydrogens is 368 g/mol. The summed E-state index contributed by atoms with van der Waals surface area (Å²) < 4.78 is 9.78. The molecule has 1 rings (SSSR count). The summed E-state index contributed by atoms with van der Waals surface area (Å²) in [5, 5.41) is 17.6. The molecule has 0 spiro atoms. The normalized spacial score (nSPS) is 11.5. The number of carboxylic acids is 1. The van der Waals surface area contributed by atoms with Gasteiger partial charge in [-0.25, -0.2) is 9.59 Å². The molecule has 0 bridgehead atoms. The van der Waals surface area contributed by atoms with Crippen molar-refractivity contribution in [3.05, 3.63) is 35.4 Å². The highest BCUT2D eigenvalue weighted by molar-refractivity contribution is 5.97. The Hall–Kier alpha value is -2.74. The van der Waals surface area contributed by atoms with Gasteiger partial charge < -0.3 is 19.7 Å². The highest BCUT2D eigenvalue weighted by atomic mass is 16.6. The zero-order valence-electron chi connectivity index (χ0n) is 15.9. The SMILES string of the molecule is CC(CCO)CCOC(=O)CCCCC(=O)OC(=O)c1ccc(C(=O)O)cc1. The van der Waals surface area contributed by atoms with Gasteiger partial charge in [-0.1, -0.05) is 6.92 Å². The van der Waals surface area contributed by atoms with Gasteiger partial charge in [0.2, 0.25) is 0 Å². The Kier molecular flexibility index (Phi) is 10.5. The molecule has 28 heavy (non-hydrogen) atoms. The summed E-state index contributed by atoms with van der Waals surface area (Å²) in [4.78, 5) is 45.8. The van der Waals surface area contributed by atoms with E-state index >= 15 is 0 Å². The van der Waals surface area contributed by atoms with Crippen LogP contribution < -0.4 is 0 Å². The standard InChI is InChI=1S/C20H26O8/c1-14(10-12-21)11-13-27-17(22)4-2-3-5-18(23)28-20(26)16-8-6-15(7-9-16)19(24)25/h6-9,14,21H,2-5,10-13H2,1H3,(H,24,25). The van der Waals surface area contributed by atoms with E-state index < -0.39 is 17.9 Å². The Morgan fingerprint density at radius 3 is 2.07 bits per heavy atom. The molecule has 0 radical (unpaired) electrons. The fraction of sp³-hybridized carbons (Fsp3) is 0.500. The number of hydrogen-bond donors (Lipinski definition) is 2. The van der Waals surface area contributed by atoms with Gasteiger partial charge in [0.05, 0.1) is 17.7 Å². The zero-order chi connectivity index (χ0) is 20.9. The summed E-state index contributed by atoms with van der Waals surface area (Å²) in [5.74, 6) is -2.74. The number of aromatic carboxylic acids is 1. The monoisotopic (exact) mass is 394 g/mol. The van der Waals surface area contributed by atoms with Gasteiger partial charge in [-0.05, 0) is 55.9 Å². The van der Waals surface area contributed by atoms with Crippen LogP contribution in [0.3, 0.4) is 0 Å². The summed E-state index contributed by atoms with van der Waals surface area (Å²) in [5.41, 5.74) is 0.106. The first-order valence-corrected chi connectivity index (χ1v) is 9.18. The van der Waals surface area contributed by atoms with Crippen LogP contribution in [0.2, 0.25) is 0 Å². The van der Waals surface area contributed by atoms with Gasteiger partial charge in [0.15, 0.2) is 0 Å². The Labute approximate surface area is 163 Å². The number of rotatable bonds is 12. The largest absolute Gasteiger partial charge is 0.478 e. The minimum absolute atomic E-state index is 0.0141. The van der Waals surface area contributed by atoms with E-state index in [0.29, 0.717) is 32.3 Å². The fourth-order valence-corrected chi connectivity index (χ4v) is 2.31. The number of carbonyl (C=O) groups excluding carboxylic acids is 3. The molecule has 0 aliphatic carbocycles.